The number of carbonyl (C=O) groups excluding carboxylic acids is 1. The topological polar surface area (TPSA) is 65.1 Å². The van der Waals surface area contributed by atoms with Gasteiger partial charge in [0.15, 0.2) is 0 Å². The lowest BCUT2D eigenvalue weighted by atomic mass is 9.99. The summed E-state index contributed by atoms with van der Waals surface area (Å²) in [6, 6.07) is 14.6. The molecule has 0 aliphatic heterocycles. The number of carbonyl (C=O) groups is 1. The van der Waals surface area contributed by atoms with Crippen LogP contribution in [0.5, 0.6) is 0 Å². The summed E-state index contributed by atoms with van der Waals surface area (Å²) >= 11 is 0. The van der Waals surface area contributed by atoms with Crippen molar-refractivity contribution in [3.05, 3.63) is 70.9 Å². The molecule has 1 aromatic heterocycles. The van der Waals surface area contributed by atoms with Crippen LogP contribution in [-0.2, 0) is 17.6 Å². The average Bonchev–Trinajstić information content (AvgIpc) is 3.07. The van der Waals surface area contributed by atoms with Crippen LogP contribution < -0.4 is 5.32 Å². The number of fused-ring (bicyclic) bond motifs is 1. The van der Waals surface area contributed by atoms with Gasteiger partial charge in [-0.15, -0.1) is 0 Å². The van der Waals surface area contributed by atoms with Crippen LogP contribution >= 0.6 is 0 Å². The molecule has 3 N–H and O–H groups in total. The lowest BCUT2D eigenvalue weighted by molar-refractivity contribution is -0.121. The predicted octanol–water partition coefficient (Wildman–Crippen LogP) is 3.68. The fraction of sp³-hybridized carbons (Fsp3) is 0.348. The third-order valence-electron chi connectivity index (χ3n) is 5.04. The van der Waals surface area contributed by atoms with E-state index in [1.165, 1.54) is 27.6 Å². The summed E-state index contributed by atoms with van der Waals surface area (Å²) in [5, 5.41) is 13.8. The van der Waals surface area contributed by atoms with Gasteiger partial charge in [-0.05, 0) is 49.9 Å². The van der Waals surface area contributed by atoms with Gasteiger partial charge in [0.05, 0.1) is 0 Å². The fourth-order valence-electron chi connectivity index (χ4n) is 3.35. The van der Waals surface area contributed by atoms with E-state index in [4.69, 9.17) is 0 Å². The Balaban J connectivity index is 1.49. The standard InChI is InChI=1S/C23H28N2O2/c1-16-3-6-18(7-4-16)12-19(15-26)13-25-23(27)10-8-20-14-24-22-9-5-17(2)11-21(20)22/h3-7,9,11,14,19,24,26H,8,10,12-13,15H2,1-2H3,(H,25,27)/t19-/m0/s1. The zero-order valence-electron chi connectivity index (χ0n) is 16.1. The third kappa shape index (κ3) is 5.20. The van der Waals surface area contributed by atoms with Crippen LogP contribution in [-0.4, -0.2) is 29.1 Å². The van der Waals surface area contributed by atoms with Crippen LogP contribution in [0.4, 0.5) is 0 Å². The molecule has 0 spiro atoms. The zero-order valence-corrected chi connectivity index (χ0v) is 16.1. The maximum atomic E-state index is 12.3. The number of H-pyrrole nitrogens is 1. The maximum Gasteiger partial charge on any atom is 0.220 e. The SMILES string of the molecule is Cc1ccc(C[C@H](CO)CNC(=O)CCc2c[nH]c3ccc(C)cc23)cc1. The van der Waals surface area contributed by atoms with Crippen LogP contribution in [0.15, 0.2) is 48.7 Å². The van der Waals surface area contributed by atoms with E-state index in [0.29, 0.717) is 19.4 Å². The monoisotopic (exact) mass is 364 g/mol. The van der Waals surface area contributed by atoms with Crippen LogP contribution in [0.2, 0.25) is 0 Å². The smallest absolute Gasteiger partial charge is 0.220 e. The van der Waals surface area contributed by atoms with Crippen LogP contribution in [0.3, 0.4) is 0 Å². The van der Waals surface area contributed by atoms with E-state index in [1.807, 2.05) is 6.20 Å². The second-order valence-corrected chi connectivity index (χ2v) is 7.41. The number of hydrogen-bond acceptors (Lipinski definition) is 2. The Hall–Kier alpha value is -2.59. The Bertz CT molecular complexity index is 896. The summed E-state index contributed by atoms with van der Waals surface area (Å²) in [6.45, 7) is 4.70. The Morgan fingerprint density at radius 3 is 2.59 bits per heavy atom. The molecule has 1 heterocycles. The van der Waals surface area contributed by atoms with Crippen molar-refractivity contribution in [2.24, 2.45) is 5.92 Å². The minimum absolute atomic E-state index is 0.0272. The summed E-state index contributed by atoms with van der Waals surface area (Å²) in [5.74, 6) is 0.0618. The van der Waals surface area contributed by atoms with Crippen molar-refractivity contribution in [2.75, 3.05) is 13.2 Å². The van der Waals surface area contributed by atoms with E-state index in [9.17, 15) is 9.90 Å². The normalized spacial score (nSPS) is 12.3. The highest BCUT2D eigenvalue weighted by molar-refractivity contribution is 5.84. The van der Waals surface area contributed by atoms with Gasteiger partial charge >= 0.3 is 0 Å². The average molecular weight is 364 g/mol. The van der Waals surface area contributed by atoms with E-state index in [1.54, 1.807) is 0 Å². The van der Waals surface area contributed by atoms with E-state index < -0.39 is 0 Å². The molecule has 0 aliphatic carbocycles. The van der Waals surface area contributed by atoms with E-state index >= 15 is 0 Å². The van der Waals surface area contributed by atoms with Crippen molar-refractivity contribution in [3.8, 4) is 0 Å². The summed E-state index contributed by atoms with van der Waals surface area (Å²) in [5.41, 5.74) is 5.90. The van der Waals surface area contributed by atoms with Gasteiger partial charge in [-0.25, -0.2) is 0 Å². The Morgan fingerprint density at radius 1 is 1.11 bits per heavy atom. The Labute approximate surface area is 160 Å². The second-order valence-electron chi connectivity index (χ2n) is 7.41. The molecule has 4 heteroatoms. The first-order valence-electron chi connectivity index (χ1n) is 9.55. The molecule has 142 valence electrons. The molecule has 0 saturated carbocycles. The number of aromatic nitrogens is 1. The molecule has 0 aliphatic rings. The van der Waals surface area contributed by atoms with Crippen LogP contribution in [0.1, 0.15) is 28.7 Å². The fourth-order valence-corrected chi connectivity index (χ4v) is 3.35. The molecule has 1 atom stereocenters. The number of benzene rings is 2. The molecule has 0 fully saturated rings. The van der Waals surface area contributed by atoms with Gasteiger partial charge in [-0.1, -0.05) is 41.5 Å². The lowest BCUT2D eigenvalue weighted by Gasteiger charge is -2.15. The van der Waals surface area contributed by atoms with Gasteiger partial charge < -0.3 is 15.4 Å². The summed E-state index contributed by atoms with van der Waals surface area (Å²) < 4.78 is 0. The van der Waals surface area contributed by atoms with Crippen molar-refractivity contribution in [2.45, 2.75) is 33.1 Å². The van der Waals surface area contributed by atoms with E-state index in [0.717, 1.165) is 11.9 Å². The highest BCUT2D eigenvalue weighted by Crippen LogP contribution is 2.20. The number of hydrogen-bond donors (Lipinski definition) is 3. The minimum atomic E-state index is 0.0272. The van der Waals surface area contributed by atoms with Crippen molar-refractivity contribution >= 4 is 16.8 Å². The molecule has 2 aromatic carbocycles. The quantitative estimate of drug-likeness (QED) is 0.571. The number of aliphatic hydroxyl groups is 1. The summed E-state index contributed by atoms with van der Waals surface area (Å²) in [4.78, 5) is 15.5. The van der Waals surface area contributed by atoms with Gasteiger partial charge in [0.1, 0.15) is 0 Å². The first-order chi connectivity index (χ1) is 13.0. The van der Waals surface area contributed by atoms with E-state index in [-0.39, 0.29) is 18.4 Å². The number of aryl methyl sites for hydroxylation is 3. The molecule has 3 rings (SSSR count). The van der Waals surface area contributed by atoms with Crippen molar-refractivity contribution in [1.82, 2.24) is 10.3 Å². The summed E-state index contributed by atoms with van der Waals surface area (Å²) in [7, 11) is 0. The van der Waals surface area contributed by atoms with Crippen LogP contribution in [0.25, 0.3) is 10.9 Å². The highest BCUT2D eigenvalue weighted by Gasteiger charge is 2.12. The Kier molecular flexibility index (Phi) is 6.30. The molecular weight excluding hydrogens is 336 g/mol. The molecule has 0 bridgehead atoms. The van der Waals surface area contributed by atoms with Gasteiger partial charge in [0.2, 0.25) is 5.91 Å². The minimum Gasteiger partial charge on any atom is -0.396 e. The second kappa shape index (κ2) is 8.87. The predicted molar refractivity (Wildman–Crippen MR) is 110 cm³/mol. The van der Waals surface area contributed by atoms with Gasteiger partial charge in [0, 0.05) is 42.6 Å². The summed E-state index contributed by atoms with van der Waals surface area (Å²) in [6.07, 6.45) is 3.91. The van der Waals surface area contributed by atoms with Crippen molar-refractivity contribution < 1.29 is 9.90 Å². The van der Waals surface area contributed by atoms with Gasteiger partial charge in [-0.2, -0.15) is 0 Å². The molecule has 27 heavy (non-hydrogen) atoms. The molecule has 0 unspecified atom stereocenters. The highest BCUT2D eigenvalue weighted by atomic mass is 16.3. The number of aromatic amines is 1. The number of aliphatic hydroxyl groups excluding tert-OH is 1. The molecule has 4 nitrogen and oxygen atoms in total. The van der Waals surface area contributed by atoms with Crippen LogP contribution in [0, 0.1) is 19.8 Å². The van der Waals surface area contributed by atoms with Gasteiger partial charge in [-0.3, -0.25) is 4.79 Å². The molecule has 0 saturated heterocycles. The molecule has 0 radical (unpaired) electrons. The number of rotatable bonds is 8. The first kappa shape index (κ1) is 19.2. The maximum absolute atomic E-state index is 12.3. The first-order valence-corrected chi connectivity index (χ1v) is 9.55. The van der Waals surface area contributed by atoms with Crippen molar-refractivity contribution in [3.63, 3.8) is 0 Å². The Morgan fingerprint density at radius 2 is 1.85 bits per heavy atom. The lowest BCUT2D eigenvalue weighted by Crippen LogP contribution is -2.32. The zero-order chi connectivity index (χ0) is 19.2. The largest absolute Gasteiger partial charge is 0.396 e. The molecular formula is C23H28N2O2. The third-order valence-corrected chi connectivity index (χ3v) is 5.04. The van der Waals surface area contributed by atoms with Gasteiger partial charge in [0.25, 0.3) is 0 Å². The van der Waals surface area contributed by atoms with E-state index in [2.05, 4.69) is 66.6 Å². The number of amides is 1. The number of nitrogens with one attached hydrogen (secondary N) is 2. The molecule has 3 aromatic rings. The molecule has 1 amide bonds. The van der Waals surface area contributed by atoms with Crippen molar-refractivity contribution in [1.29, 1.82) is 0 Å².